The minimum Gasteiger partial charge on any atom is -0.296 e. The number of amides is 2. The Bertz CT molecular complexity index is 679. The number of aryl methyl sites for hydroxylation is 1. The summed E-state index contributed by atoms with van der Waals surface area (Å²) in [6, 6.07) is 17.7. The molecule has 3 nitrogen and oxygen atoms in total. The lowest BCUT2D eigenvalue weighted by Crippen LogP contribution is -2.43. The fourth-order valence-corrected chi connectivity index (χ4v) is 3.02. The molecule has 2 aromatic rings. The summed E-state index contributed by atoms with van der Waals surface area (Å²) in [7, 11) is 0. The Morgan fingerprint density at radius 3 is 2.38 bits per heavy atom. The molecule has 3 heteroatoms. The van der Waals surface area contributed by atoms with Crippen LogP contribution < -0.4 is 5.32 Å². The van der Waals surface area contributed by atoms with Crippen LogP contribution in [-0.2, 0) is 9.59 Å². The SMILES string of the molecule is Cc1cccc(C2C(=O)NC(=O)CC2c2ccccc2)c1. The molecule has 0 radical (unpaired) electrons. The van der Waals surface area contributed by atoms with Crippen LogP contribution in [0.5, 0.6) is 0 Å². The number of carbonyl (C=O) groups is 2. The standard InChI is InChI=1S/C18H17NO2/c1-12-6-5-9-14(10-12)17-15(11-16(20)19-18(17)21)13-7-3-2-4-8-13/h2-10,15,17H,11H2,1H3,(H,19,20,21). The lowest BCUT2D eigenvalue weighted by Gasteiger charge is -2.31. The monoisotopic (exact) mass is 279 g/mol. The van der Waals surface area contributed by atoms with Gasteiger partial charge in [-0.25, -0.2) is 0 Å². The van der Waals surface area contributed by atoms with E-state index in [0.717, 1.165) is 16.7 Å². The van der Waals surface area contributed by atoms with Crippen LogP contribution in [0.25, 0.3) is 0 Å². The van der Waals surface area contributed by atoms with Crippen molar-refractivity contribution in [1.82, 2.24) is 5.32 Å². The lowest BCUT2D eigenvalue weighted by atomic mass is 9.76. The maximum absolute atomic E-state index is 12.4. The topological polar surface area (TPSA) is 46.2 Å². The average Bonchev–Trinajstić information content (AvgIpc) is 2.47. The Hall–Kier alpha value is -2.42. The molecular formula is C18H17NO2. The molecular weight excluding hydrogens is 262 g/mol. The predicted molar refractivity (Wildman–Crippen MR) is 80.9 cm³/mol. The summed E-state index contributed by atoms with van der Waals surface area (Å²) in [6.45, 7) is 2.01. The lowest BCUT2D eigenvalue weighted by molar-refractivity contribution is -0.135. The number of hydrogen-bond acceptors (Lipinski definition) is 2. The van der Waals surface area contributed by atoms with Gasteiger partial charge in [0, 0.05) is 12.3 Å². The van der Waals surface area contributed by atoms with Crippen molar-refractivity contribution in [1.29, 1.82) is 0 Å². The third-order valence-corrected chi connectivity index (χ3v) is 3.98. The van der Waals surface area contributed by atoms with Gasteiger partial charge >= 0.3 is 0 Å². The van der Waals surface area contributed by atoms with Crippen molar-refractivity contribution in [2.75, 3.05) is 0 Å². The quantitative estimate of drug-likeness (QED) is 0.859. The van der Waals surface area contributed by atoms with E-state index in [4.69, 9.17) is 0 Å². The van der Waals surface area contributed by atoms with Crippen molar-refractivity contribution in [2.45, 2.75) is 25.2 Å². The molecule has 2 aromatic carbocycles. The molecule has 0 aromatic heterocycles. The van der Waals surface area contributed by atoms with Crippen LogP contribution in [0.4, 0.5) is 0 Å². The van der Waals surface area contributed by atoms with E-state index in [1.54, 1.807) is 0 Å². The number of benzene rings is 2. The Labute approximate surface area is 124 Å². The zero-order chi connectivity index (χ0) is 14.8. The number of nitrogens with one attached hydrogen (secondary N) is 1. The maximum atomic E-state index is 12.4. The molecule has 3 rings (SSSR count). The van der Waals surface area contributed by atoms with Gasteiger partial charge in [-0.1, -0.05) is 60.2 Å². The van der Waals surface area contributed by atoms with E-state index in [9.17, 15) is 9.59 Å². The maximum Gasteiger partial charge on any atom is 0.234 e. The molecule has 0 aliphatic carbocycles. The first-order chi connectivity index (χ1) is 10.1. The summed E-state index contributed by atoms with van der Waals surface area (Å²) in [6.07, 6.45) is 0.342. The Morgan fingerprint density at radius 1 is 0.952 bits per heavy atom. The smallest absolute Gasteiger partial charge is 0.234 e. The fraction of sp³-hybridized carbons (Fsp3) is 0.222. The molecule has 1 N–H and O–H groups in total. The van der Waals surface area contributed by atoms with Gasteiger partial charge in [0.1, 0.15) is 0 Å². The molecule has 1 saturated heterocycles. The van der Waals surface area contributed by atoms with Crippen LogP contribution >= 0.6 is 0 Å². The number of piperidine rings is 1. The Morgan fingerprint density at radius 2 is 1.67 bits per heavy atom. The van der Waals surface area contributed by atoms with E-state index in [0.29, 0.717) is 6.42 Å². The summed E-state index contributed by atoms with van der Waals surface area (Å²) < 4.78 is 0. The second-order valence-corrected chi connectivity index (χ2v) is 5.53. The van der Waals surface area contributed by atoms with Gasteiger partial charge in [-0.15, -0.1) is 0 Å². The van der Waals surface area contributed by atoms with Crippen LogP contribution in [0, 0.1) is 6.92 Å². The highest BCUT2D eigenvalue weighted by molar-refractivity contribution is 6.02. The molecule has 21 heavy (non-hydrogen) atoms. The average molecular weight is 279 g/mol. The first-order valence-corrected chi connectivity index (χ1v) is 7.10. The number of carbonyl (C=O) groups excluding carboxylic acids is 2. The van der Waals surface area contributed by atoms with Gasteiger partial charge in [-0.2, -0.15) is 0 Å². The zero-order valence-electron chi connectivity index (χ0n) is 11.9. The third-order valence-electron chi connectivity index (χ3n) is 3.98. The molecule has 0 bridgehead atoms. The number of imide groups is 1. The van der Waals surface area contributed by atoms with Gasteiger partial charge in [0.25, 0.3) is 0 Å². The van der Waals surface area contributed by atoms with Gasteiger partial charge in [0.15, 0.2) is 0 Å². The van der Waals surface area contributed by atoms with Gasteiger partial charge in [-0.05, 0) is 18.1 Å². The third kappa shape index (κ3) is 2.72. The molecule has 1 aliphatic rings. The highest BCUT2D eigenvalue weighted by atomic mass is 16.2. The minimum absolute atomic E-state index is 0.103. The van der Waals surface area contributed by atoms with E-state index in [1.807, 2.05) is 61.5 Å². The van der Waals surface area contributed by atoms with Crippen LogP contribution in [0.2, 0.25) is 0 Å². The molecule has 1 heterocycles. The van der Waals surface area contributed by atoms with Gasteiger partial charge in [0.05, 0.1) is 5.92 Å². The first-order valence-electron chi connectivity index (χ1n) is 7.10. The summed E-state index contributed by atoms with van der Waals surface area (Å²) >= 11 is 0. The van der Waals surface area contributed by atoms with Crippen LogP contribution in [-0.4, -0.2) is 11.8 Å². The molecule has 106 valence electrons. The Kier molecular flexibility index (Phi) is 3.57. The van der Waals surface area contributed by atoms with Crippen LogP contribution in [0.3, 0.4) is 0 Å². The summed E-state index contributed by atoms with van der Waals surface area (Å²) in [4.78, 5) is 24.1. The molecule has 2 unspecified atom stereocenters. The van der Waals surface area contributed by atoms with E-state index < -0.39 is 0 Å². The molecule has 2 atom stereocenters. The minimum atomic E-state index is -0.315. The fourth-order valence-electron chi connectivity index (χ4n) is 3.02. The number of rotatable bonds is 2. The van der Waals surface area contributed by atoms with Gasteiger partial charge < -0.3 is 0 Å². The zero-order valence-corrected chi connectivity index (χ0v) is 11.9. The molecule has 0 saturated carbocycles. The highest BCUT2D eigenvalue weighted by Crippen LogP contribution is 2.38. The van der Waals surface area contributed by atoms with Gasteiger partial charge in [-0.3, -0.25) is 14.9 Å². The van der Waals surface area contributed by atoms with Crippen molar-refractivity contribution >= 4 is 11.8 Å². The molecule has 0 spiro atoms. The largest absolute Gasteiger partial charge is 0.296 e. The molecule has 1 fully saturated rings. The van der Waals surface area contributed by atoms with E-state index >= 15 is 0 Å². The van der Waals surface area contributed by atoms with Crippen LogP contribution in [0.15, 0.2) is 54.6 Å². The first kappa shape index (κ1) is 13.6. The van der Waals surface area contributed by atoms with Crippen molar-refractivity contribution in [3.8, 4) is 0 Å². The molecule has 1 aliphatic heterocycles. The van der Waals surface area contributed by atoms with E-state index in [1.165, 1.54) is 0 Å². The van der Waals surface area contributed by atoms with E-state index in [2.05, 4.69) is 5.32 Å². The highest BCUT2D eigenvalue weighted by Gasteiger charge is 2.37. The van der Waals surface area contributed by atoms with Crippen molar-refractivity contribution in [3.05, 3.63) is 71.3 Å². The normalized spacial score (nSPS) is 22.0. The Balaban J connectivity index is 2.05. The van der Waals surface area contributed by atoms with Crippen molar-refractivity contribution in [2.24, 2.45) is 0 Å². The predicted octanol–water partition coefficient (Wildman–Crippen LogP) is 2.91. The molecule has 2 amide bonds. The number of hydrogen-bond donors (Lipinski definition) is 1. The summed E-state index contributed by atoms with van der Waals surface area (Å²) in [5.41, 5.74) is 3.12. The van der Waals surface area contributed by atoms with Gasteiger partial charge in [0.2, 0.25) is 11.8 Å². The second kappa shape index (κ2) is 5.52. The van der Waals surface area contributed by atoms with Crippen molar-refractivity contribution in [3.63, 3.8) is 0 Å². The van der Waals surface area contributed by atoms with E-state index in [-0.39, 0.29) is 23.7 Å². The van der Waals surface area contributed by atoms with Crippen molar-refractivity contribution < 1.29 is 9.59 Å². The van der Waals surface area contributed by atoms with Crippen LogP contribution in [0.1, 0.15) is 34.9 Å². The second-order valence-electron chi connectivity index (χ2n) is 5.53. The summed E-state index contributed by atoms with van der Waals surface area (Å²) in [5.74, 6) is -0.817. The summed E-state index contributed by atoms with van der Waals surface area (Å²) in [5, 5.41) is 2.47.